The van der Waals surface area contributed by atoms with Crippen LogP contribution in [-0.4, -0.2) is 24.2 Å². The fraction of sp³-hybridized carbons (Fsp3) is 0.625. The monoisotopic (exact) mass is 279 g/mol. The molecule has 1 aliphatic rings. The molecule has 1 saturated heterocycles. The third-order valence-electron chi connectivity index (χ3n) is 3.37. The predicted molar refractivity (Wildman–Crippen MR) is 84.0 cm³/mol. The molecule has 1 fully saturated rings. The SMILES string of the molecule is CC(C)Oc1cccc(CNCC2CCSCC2)c1. The van der Waals surface area contributed by atoms with Gasteiger partial charge in [-0.1, -0.05) is 12.1 Å². The molecule has 2 rings (SSSR count). The third-order valence-corrected chi connectivity index (χ3v) is 4.42. The molecule has 0 bridgehead atoms. The van der Waals surface area contributed by atoms with Crippen molar-refractivity contribution in [3.8, 4) is 5.75 Å². The van der Waals surface area contributed by atoms with Crippen LogP contribution < -0.4 is 10.1 Å². The number of benzene rings is 1. The van der Waals surface area contributed by atoms with Crippen LogP contribution >= 0.6 is 11.8 Å². The summed E-state index contributed by atoms with van der Waals surface area (Å²) in [5, 5.41) is 3.59. The molecule has 0 saturated carbocycles. The van der Waals surface area contributed by atoms with Crippen molar-refractivity contribution in [2.75, 3.05) is 18.1 Å². The van der Waals surface area contributed by atoms with E-state index in [0.717, 1.165) is 24.8 Å². The van der Waals surface area contributed by atoms with E-state index in [0.29, 0.717) is 0 Å². The Morgan fingerprint density at radius 3 is 2.84 bits per heavy atom. The average molecular weight is 279 g/mol. The molecule has 106 valence electrons. The van der Waals surface area contributed by atoms with Gasteiger partial charge in [-0.3, -0.25) is 0 Å². The van der Waals surface area contributed by atoms with Crippen LogP contribution in [0.3, 0.4) is 0 Å². The molecule has 1 aromatic rings. The summed E-state index contributed by atoms with van der Waals surface area (Å²) in [5.74, 6) is 4.52. The zero-order valence-electron chi connectivity index (χ0n) is 12.0. The highest BCUT2D eigenvalue weighted by atomic mass is 32.2. The van der Waals surface area contributed by atoms with Gasteiger partial charge in [0.25, 0.3) is 0 Å². The summed E-state index contributed by atoms with van der Waals surface area (Å²) in [4.78, 5) is 0. The lowest BCUT2D eigenvalue weighted by molar-refractivity contribution is 0.242. The lowest BCUT2D eigenvalue weighted by Gasteiger charge is -2.21. The maximum atomic E-state index is 5.72. The summed E-state index contributed by atoms with van der Waals surface area (Å²) in [6.45, 7) is 6.22. The zero-order valence-corrected chi connectivity index (χ0v) is 12.8. The van der Waals surface area contributed by atoms with Crippen LogP contribution in [0.15, 0.2) is 24.3 Å². The van der Waals surface area contributed by atoms with Crippen molar-refractivity contribution >= 4 is 11.8 Å². The minimum absolute atomic E-state index is 0.239. The largest absolute Gasteiger partial charge is 0.491 e. The van der Waals surface area contributed by atoms with Gasteiger partial charge in [0.2, 0.25) is 0 Å². The van der Waals surface area contributed by atoms with E-state index in [2.05, 4.69) is 49.1 Å². The van der Waals surface area contributed by atoms with Gasteiger partial charge in [-0.15, -0.1) is 0 Å². The number of hydrogen-bond acceptors (Lipinski definition) is 3. The van der Waals surface area contributed by atoms with Crippen LogP contribution in [0.2, 0.25) is 0 Å². The van der Waals surface area contributed by atoms with Gasteiger partial charge in [-0.2, -0.15) is 11.8 Å². The second-order valence-corrected chi connectivity index (χ2v) is 6.73. The first-order chi connectivity index (χ1) is 9.24. The zero-order chi connectivity index (χ0) is 13.5. The Hall–Kier alpha value is -0.670. The Labute approximate surface area is 121 Å². The van der Waals surface area contributed by atoms with E-state index in [4.69, 9.17) is 4.74 Å². The molecule has 1 heterocycles. The van der Waals surface area contributed by atoms with Crippen LogP contribution in [0.4, 0.5) is 0 Å². The number of hydrogen-bond donors (Lipinski definition) is 1. The molecule has 0 aromatic heterocycles. The molecule has 2 nitrogen and oxygen atoms in total. The summed E-state index contributed by atoms with van der Waals surface area (Å²) < 4.78 is 5.72. The number of thioether (sulfide) groups is 1. The van der Waals surface area contributed by atoms with Gasteiger partial charge in [-0.25, -0.2) is 0 Å². The van der Waals surface area contributed by atoms with Crippen LogP contribution in [0.5, 0.6) is 5.75 Å². The highest BCUT2D eigenvalue weighted by Crippen LogP contribution is 2.22. The topological polar surface area (TPSA) is 21.3 Å². The predicted octanol–water partition coefficient (Wildman–Crippen LogP) is 3.71. The summed E-state index contributed by atoms with van der Waals surface area (Å²) in [6, 6.07) is 8.41. The smallest absolute Gasteiger partial charge is 0.120 e. The van der Waals surface area contributed by atoms with E-state index in [9.17, 15) is 0 Å². The third kappa shape index (κ3) is 5.45. The summed E-state index contributed by atoms with van der Waals surface area (Å²) in [7, 11) is 0. The van der Waals surface area contributed by atoms with E-state index in [1.54, 1.807) is 0 Å². The fourth-order valence-corrected chi connectivity index (χ4v) is 3.58. The molecular formula is C16H25NOS. The van der Waals surface area contributed by atoms with Crippen LogP contribution in [0.1, 0.15) is 32.3 Å². The molecule has 1 aliphatic heterocycles. The van der Waals surface area contributed by atoms with Crippen LogP contribution in [-0.2, 0) is 6.54 Å². The van der Waals surface area contributed by atoms with Crippen molar-refractivity contribution in [3.63, 3.8) is 0 Å². The van der Waals surface area contributed by atoms with E-state index in [1.807, 2.05) is 6.07 Å². The van der Waals surface area contributed by atoms with Gasteiger partial charge >= 0.3 is 0 Å². The van der Waals surface area contributed by atoms with Gasteiger partial charge in [0.05, 0.1) is 6.10 Å². The minimum atomic E-state index is 0.239. The van der Waals surface area contributed by atoms with Gasteiger partial charge < -0.3 is 10.1 Å². The van der Waals surface area contributed by atoms with Gasteiger partial charge in [0.15, 0.2) is 0 Å². The Morgan fingerprint density at radius 2 is 2.11 bits per heavy atom. The molecule has 1 N–H and O–H groups in total. The normalized spacial score (nSPS) is 16.8. The lowest BCUT2D eigenvalue weighted by Crippen LogP contribution is -2.25. The molecule has 1 aromatic carbocycles. The number of rotatable bonds is 6. The Bertz CT molecular complexity index is 375. The fourth-order valence-electron chi connectivity index (χ4n) is 2.37. The van der Waals surface area contributed by atoms with Crippen molar-refractivity contribution in [1.82, 2.24) is 5.32 Å². The molecule has 3 heteroatoms. The number of nitrogens with one attached hydrogen (secondary N) is 1. The highest BCUT2D eigenvalue weighted by Gasteiger charge is 2.12. The Balaban J connectivity index is 1.75. The van der Waals surface area contributed by atoms with Gasteiger partial charge in [-0.05, 0) is 68.4 Å². The molecule has 0 radical (unpaired) electrons. The van der Waals surface area contributed by atoms with Crippen molar-refractivity contribution in [3.05, 3.63) is 29.8 Å². The van der Waals surface area contributed by atoms with Gasteiger partial charge in [0.1, 0.15) is 5.75 Å². The van der Waals surface area contributed by atoms with Crippen LogP contribution in [0.25, 0.3) is 0 Å². The molecule has 19 heavy (non-hydrogen) atoms. The molecule has 0 spiro atoms. The van der Waals surface area contributed by atoms with Crippen LogP contribution in [0, 0.1) is 5.92 Å². The highest BCUT2D eigenvalue weighted by molar-refractivity contribution is 7.99. The Morgan fingerprint density at radius 1 is 1.32 bits per heavy atom. The molecule has 0 amide bonds. The maximum Gasteiger partial charge on any atom is 0.120 e. The van der Waals surface area contributed by atoms with Crippen molar-refractivity contribution in [2.45, 2.75) is 39.3 Å². The Kier molecular flexibility index (Phi) is 6.05. The molecule has 0 atom stereocenters. The first kappa shape index (κ1) is 14.7. The van der Waals surface area contributed by atoms with E-state index in [-0.39, 0.29) is 6.10 Å². The van der Waals surface area contributed by atoms with E-state index >= 15 is 0 Å². The summed E-state index contributed by atoms with van der Waals surface area (Å²) >= 11 is 2.09. The summed E-state index contributed by atoms with van der Waals surface area (Å²) in [5.41, 5.74) is 1.31. The molecular weight excluding hydrogens is 254 g/mol. The first-order valence-corrected chi connectivity index (χ1v) is 8.43. The number of ether oxygens (including phenoxy) is 1. The minimum Gasteiger partial charge on any atom is -0.491 e. The lowest BCUT2D eigenvalue weighted by atomic mass is 10.0. The average Bonchev–Trinajstić information content (AvgIpc) is 2.40. The maximum absolute atomic E-state index is 5.72. The second-order valence-electron chi connectivity index (χ2n) is 5.50. The van der Waals surface area contributed by atoms with E-state index in [1.165, 1.54) is 29.9 Å². The molecule has 0 aliphatic carbocycles. The molecule has 0 unspecified atom stereocenters. The first-order valence-electron chi connectivity index (χ1n) is 7.28. The summed E-state index contributed by atoms with van der Waals surface area (Å²) in [6.07, 6.45) is 2.98. The van der Waals surface area contributed by atoms with Crippen molar-refractivity contribution < 1.29 is 4.74 Å². The van der Waals surface area contributed by atoms with E-state index < -0.39 is 0 Å². The standard InChI is InChI=1S/C16H25NOS/c1-13(2)18-16-5-3-4-15(10-16)12-17-11-14-6-8-19-9-7-14/h3-5,10,13-14,17H,6-9,11-12H2,1-2H3. The second kappa shape index (κ2) is 7.81. The van der Waals surface area contributed by atoms with Crippen molar-refractivity contribution in [2.24, 2.45) is 5.92 Å². The quantitative estimate of drug-likeness (QED) is 0.858. The van der Waals surface area contributed by atoms with Crippen molar-refractivity contribution in [1.29, 1.82) is 0 Å². The van der Waals surface area contributed by atoms with Gasteiger partial charge in [0, 0.05) is 6.54 Å².